The Kier molecular flexibility index (Phi) is 6.82. The Hall–Kier alpha value is -4.46. The third kappa shape index (κ3) is 5.11. The van der Waals surface area contributed by atoms with Gasteiger partial charge in [-0.15, -0.1) is 6.42 Å². The first-order chi connectivity index (χ1) is 23.3. The van der Waals surface area contributed by atoms with Gasteiger partial charge in [0.05, 0.1) is 12.1 Å². The van der Waals surface area contributed by atoms with Crippen molar-refractivity contribution < 1.29 is 19.0 Å². The number of carbonyl (C=O) groups excluding carboxylic acids is 1. The molecule has 1 spiro atoms. The Balaban J connectivity index is 1.07. The Morgan fingerprint density at radius 2 is 1.90 bits per heavy atom. The number of amides is 1. The maximum absolute atomic E-state index is 16.9. The van der Waals surface area contributed by atoms with Gasteiger partial charge >= 0.3 is 6.01 Å². The summed E-state index contributed by atoms with van der Waals surface area (Å²) < 4.78 is 23.3. The lowest BCUT2D eigenvalue weighted by atomic mass is 9.93. The van der Waals surface area contributed by atoms with Crippen molar-refractivity contribution in [3.8, 4) is 35.2 Å². The van der Waals surface area contributed by atoms with E-state index in [1.165, 1.54) is 0 Å². The van der Waals surface area contributed by atoms with Crippen molar-refractivity contribution in [2.24, 2.45) is 5.41 Å². The van der Waals surface area contributed by atoms with Gasteiger partial charge in [0, 0.05) is 78.5 Å². The maximum atomic E-state index is 16.9. The molecule has 5 fully saturated rings. The largest absolute Gasteiger partial charge is 0.508 e. The molecule has 5 heterocycles. The number of aromatic nitrogens is 2. The second-order valence-electron chi connectivity index (χ2n) is 14.8. The third-order valence-electron chi connectivity index (χ3n) is 11.4. The number of aromatic hydroxyl groups is 1. The molecule has 9 rings (SSSR count). The molecule has 0 radical (unpaired) electrons. The number of piperazine rings is 1. The van der Waals surface area contributed by atoms with Gasteiger partial charge in [-0.2, -0.15) is 9.97 Å². The lowest BCUT2D eigenvalue weighted by molar-refractivity contribution is -0.119. The second-order valence-corrected chi connectivity index (χ2v) is 14.8. The van der Waals surface area contributed by atoms with E-state index >= 15 is 4.39 Å². The van der Waals surface area contributed by atoms with Crippen LogP contribution in [-0.2, 0) is 4.79 Å². The van der Waals surface area contributed by atoms with Gasteiger partial charge in [0.25, 0.3) is 0 Å². The van der Waals surface area contributed by atoms with E-state index in [2.05, 4.69) is 26.4 Å². The van der Waals surface area contributed by atoms with Crippen LogP contribution in [0.1, 0.15) is 50.5 Å². The van der Waals surface area contributed by atoms with Crippen molar-refractivity contribution in [3.63, 3.8) is 0 Å². The first-order valence-electron chi connectivity index (χ1n) is 17.2. The van der Waals surface area contributed by atoms with Crippen LogP contribution >= 0.6 is 0 Å². The molecule has 3 aromatic carbocycles. The Morgan fingerprint density at radius 3 is 2.65 bits per heavy atom. The minimum Gasteiger partial charge on any atom is -0.508 e. The summed E-state index contributed by atoms with van der Waals surface area (Å²) in [5.41, 5.74) is 1.55. The van der Waals surface area contributed by atoms with Crippen LogP contribution in [0.2, 0.25) is 0 Å². The van der Waals surface area contributed by atoms with Crippen LogP contribution in [0.5, 0.6) is 11.8 Å². The zero-order valence-electron chi connectivity index (χ0n) is 26.9. The maximum Gasteiger partial charge on any atom is 0.319 e. The molecule has 48 heavy (non-hydrogen) atoms. The van der Waals surface area contributed by atoms with Crippen molar-refractivity contribution in [3.05, 3.63) is 53.8 Å². The van der Waals surface area contributed by atoms with Crippen molar-refractivity contribution in [2.45, 2.75) is 62.6 Å². The number of hydrogen-bond acceptors (Lipinski definition) is 8. The number of fused-ring (bicyclic) bond motifs is 4. The monoisotopic (exact) mass is 646 g/mol. The number of nitrogens with one attached hydrogen (secondary N) is 2. The topological polar surface area (TPSA) is 103 Å². The molecular weight excluding hydrogens is 607 g/mol. The summed E-state index contributed by atoms with van der Waals surface area (Å²) in [6.07, 6.45) is 12.7. The van der Waals surface area contributed by atoms with E-state index < -0.39 is 5.82 Å². The smallest absolute Gasteiger partial charge is 0.319 e. The summed E-state index contributed by atoms with van der Waals surface area (Å²) in [7, 11) is 0. The number of hydrogen-bond donors (Lipinski definition) is 3. The zero-order chi connectivity index (χ0) is 32.6. The number of rotatable bonds is 7. The highest BCUT2D eigenvalue weighted by Gasteiger charge is 2.49. The molecule has 4 aromatic rings. The molecular formula is C38H39FN6O3. The van der Waals surface area contributed by atoms with E-state index in [4.69, 9.17) is 21.1 Å². The Labute approximate surface area is 278 Å². The number of carbonyl (C=O) groups is 1. The van der Waals surface area contributed by atoms with Crippen LogP contribution in [0, 0.1) is 23.6 Å². The van der Waals surface area contributed by atoms with Gasteiger partial charge in [-0.3, -0.25) is 4.79 Å². The first kappa shape index (κ1) is 29.7. The van der Waals surface area contributed by atoms with Gasteiger partial charge in [0.1, 0.15) is 17.1 Å². The average Bonchev–Trinajstić information content (AvgIpc) is 3.39. The lowest BCUT2D eigenvalue weighted by Gasteiger charge is -2.34. The summed E-state index contributed by atoms with van der Waals surface area (Å²) >= 11 is 0. The van der Waals surface area contributed by atoms with E-state index in [0.29, 0.717) is 58.4 Å². The third-order valence-corrected chi connectivity index (χ3v) is 11.4. The fourth-order valence-corrected chi connectivity index (χ4v) is 8.74. The summed E-state index contributed by atoms with van der Waals surface area (Å²) in [6, 6.07) is 13.3. The average molecular weight is 647 g/mol. The molecule has 4 saturated heterocycles. The number of ether oxygens (including phenoxy) is 1. The fraction of sp³-hybridized carbons (Fsp3) is 0.447. The number of phenolic OH excluding ortho intramolecular Hbond substituents is 1. The molecule has 3 unspecified atom stereocenters. The van der Waals surface area contributed by atoms with Gasteiger partial charge in [-0.05, 0) is 73.7 Å². The van der Waals surface area contributed by atoms with Gasteiger partial charge in [0.2, 0.25) is 5.91 Å². The predicted octanol–water partition coefficient (Wildman–Crippen LogP) is 4.73. The normalized spacial score (nSPS) is 26.0. The number of benzene rings is 3. The van der Waals surface area contributed by atoms with Gasteiger partial charge in [-0.25, -0.2) is 4.39 Å². The molecule has 1 amide bonds. The fourth-order valence-electron chi connectivity index (χ4n) is 8.74. The molecule has 246 valence electrons. The van der Waals surface area contributed by atoms with Gasteiger partial charge in [-0.1, -0.05) is 24.1 Å². The van der Waals surface area contributed by atoms with Gasteiger partial charge in [0.15, 0.2) is 5.82 Å². The summed E-state index contributed by atoms with van der Waals surface area (Å²) in [5.74, 6) is 3.10. The SMILES string of the molecule is C#Cc1cccc2cc(O)cc(-c3ccc4c(N5CC6CCC(C5)N6)nc(OCC5(CN6CCC7(CCC(=O)N7)C6)CC5)nc4c3F)c12. The molecule has 2 bridgehead atoms. The molecule has 1 aromatic heterocycles. The molecule has 5 aliphatic rings. The van der Waals surface area contributed by atoms with Crippen LogP contribution in [0.3, 0.4) is 0 Å². The van der Waals surface area contributed by atoms with Crippen LogP contribution in [0.25, 0.3) is 32.8 Å². The standard InChI is InChI=1S/C38H39FN6O3/c1-2-23-4-3-5-24-16-27(46)17-30(32(23)24)28-8-9-29-34(33(28)39)41-36(42-35(29)45-18-25-6-7-26(19-45)40-25)48-22-37(12-13-37)20-44-15-14-38(21-44)11-10-31(47)43-38/h1,3-5,8-9,16-17,25-26,40,46H,6-7,10-15,18-22H2,(H,43,47). The van der Waals surface area contributed by atoms with E-state index in [-0.39, 0.29) is 34.1 Å². The number of nitrogens with zero attached hydrogens (tertiary/aromatic N) is 4. The zero-order valence-corrected chi connectivity index (χ0v) is 26.9. The van der Waals surface area contributed by atoms with E-state index in [1.807, 2.05) is 24.3 Å². The number of halogens is 1. The van der Waals surface area contributed by atoms with Crippen molar-refractivity contribution >= 4 is 33.4 Å². The van der Waals surface area contributed by atoms with E-state index in [9.17, 15) is 9.90 Å². The van der Waals surface area contributed by atoms with Crippen LogP contribution in [-0.4, -0.2) is 82.8 Å². The number of terminal acetylenes is 1. The van der Waals surface area contributed by atoms with E-state index in [0.717, 1.165) is 76.6 Å². The lowest BCUT2D eigenvalue weighted by Crippen LogP contribution is -2.51. The molecule has 1 aliphatic carbocycles. The summed E-state index contributed by atoms with van der Waals surface area (Å²) in [4.78, 5) is 26.3. The van der Waals surface area contributed by atoms with Crippen molar-refractivity contribution in [1.82, 2.24) is 25.5 Å². The highest BCUT2D eigenvalue weighted by atomic mass is 19.1. The molecule has 9 nitrogen and oxygen atoms in total. The second kappa shape index (κ2) is 11.0. The van der Waals surface area contributed by atoms with Crippen molar-refractivity contribution in [1.29, 1.82) is 0 Å². The number of anilines is 1. The quantitative estimate of drug-likeness (QED) is 0.248. The van der Waals surface area contributed by atoms with Crippen LogP contribution in [0.15, 0.2) is 42.5 Å². The minimum atomic E-state index is -0.500. The first-order valence-corrected chi connectivity index (χ1v) is 17.2. The highest BCUT2D eigenvalue weighted by molar-refractivity contribution is 6.04. The van der Waals surface area contributed by atoms with E-state index in [1.54, 1.807) is 18.2 Å². The number of phenols is 1. The molecule has 4 aliphatic heterocycles. The van der Waals surface area contributed by atoms with Gasteiger partial charge < -0.3 is 30.3 Å². The summed E-state index contributed by atoms with van der Waals surface area (Å²) in [5, 5.41) is 19.6. The molecule has 1 saturated carbocycles. The Bertz CT molecular complexity index is 2010. The number of likely N-dealkylation sites (tertiary alicyclic amines) is 1. The minimum absolute atomic E-state index is 0.00667. The molecule has 10 heteroatoms. The van der Waals surface area contributed by atoms with Crippen LogP contribution in [0.4, 0.5) is 10.2 Å². The summed E-state index contributed by atoms with van der Waals surface area (Å²) in [6.45, 7) is 4.75. The highest BCUT2D eigenvalue weighted by Crippen LogP contribution is 2.48. The van der Waals surface area contributed by atoms with Crippen LogP contribution < -0.4 is 20.3 Å². The molecule has 3 N–H and O–H groups in total. The molecule has 3 atom stereocenters. The predicted molar refractivity (Wildman–Crippen MR) is 183 cm³/mol. The Morgan fingerprint density at radius 1 is 1.06 bits per heavy atom. The van der Waals surface area contributed by atoms with Crippen molar-refractivity contribution in [2.75, 3.05) is 44.2 Å².